The van der Waals surface area contributed by atoms with Gasteiger partial charge in [0.1, 0.15) is 17.1 Å². The van der Waals surface area contributed by atoms with Gasteiger partial charge in [0.25, 0.3) is 5.91 Å². The van der Waals surface area contributed by atoms with E-state index >= 15 is 0 Å². The second kappa shape index (κ2) is 7.38. The van der Waals surface area contributed by atoms with Crippen molar-refractivity contribution in [3.8, 4) is 5.75 Å². The maximum absolute atomic E-state index is 12.7. The average Bonchev–Trinajstić information content (AvgIpc) is 3.02. The lowest BCUT2D eigenvalue weighted by atomic mass is 10.1. The van der Waals surface area contributed by atoms with Crippen molar-refractivity contribution in [2.24, 2.45) is 0 Å². The first kappa shape index (κ1) is 17.0. The molecule has 2 heterocycles. The maximum Gasteiger partial charge on any atom is 0.270 e. The van der Waals surface area contributed by atoms with Gasteiger partial charge in [0.15, 0.2) is 0 Å². The molecule has 0 atom stereocenters. The smallest absolute Gasteiger partial charge is 0.270 e. The Labute approximate surface area is 147 Å². The fraction of sp³-hybridized carbons (Fsp3) is 0.300. The van der Waals surface area contributed by atoms with E-state index in [0.29, 0.717) is 12.2 Å². The lowest BCUT2D eigenvalue weighted by Gasteiger charge is -2.08. The van der Waals surface area contributed by atoms with Crippen LogP contribution in [0.1, 0.15) is 34.2 Å². The van der Waals surface area contributed by atoms with Gasteiger partial charge in [-0.15, -0.1) is 0 Å². The summed E-state index contributed by atoms with van der Waals surface area (Å²) in [6, 6.07) is 11.8. The van der Waals surface area contributed by atoms with Crippen LogP contribution in [-0.4, -0.2) is 28.9 Å². The van der Waals surface area contributed by atoms with Crippen LogP contribution < -0.4 is 10.1 Å². The van der Waals surface area contributed by atoms with E-state index in [1.165, 1.54) is 0 Å². The molecule has 0 saturated heterocycles. The van der Waals surface area contributed by atoms with Crippen LogP contribution >= 0.6 is 0 Å². The van der Waals surface area contributed by atoms with Crippen LogP contribution in [0.3, 0.4) is 0 Å². The van der Waals surface area contributed by atoms with Gasteiger partial charge in [0.05, 0.1) is 12.8 Å². The minimum Gasteiger partial charge on any atom is -0.497 e. The van der Waals surface area contributed by atoms with Gasteiger partial charge >= 0.3 is 0 Å². The molecule has 1 N–H and O–H groups in total. The number of imidazole rings is 1. The number of amides is 1. The van der Waals surface area contributed by atoms with Gasteiger partial charge < -0.3 is 10.1 Å². The second-order valence-corrected chi connectivity index (χ2v) is 6.00. The number of hydrogen-bond donors (Lipinski definition) is 1. The molecule has 5 heteroatoms. The van der Waals surface area contributed by atoms with Crippen molar-refractivity contribution < 1.29 is 9.53 Å². The van der Waals surface area contributed by atoms with E-state index < -0.39 is 0 Å². The van der Waals surface area contributed by atoms with Crippen LogP contribution in [0.2, 0.25) is 0 Å². The molecule has 0 aliphatic rings. The van der Waals surface area contributed by atoms with Crippen molar-refractivity contribution in [1.82, 2.24) is 14.7 Å². The Bertz CT molecular complexity index is 882. The molecule has 0 aliphatic heterocycles. The first-order chi connectivity index (χ1) is 12.1. The third kappa shape index (κ3) is 3.50. The number of ether oxygens (including phenoxy) is 1. The Morgan fingerprint density at radius 1 is 1.24 bits per heavy atom. The number of rotatable bonds is 6. The number of nitrogens with one attached hydrogen (secondary N) is 1. The standard InChI is InChI=1S/C20H23N3O2/c1-4-17-18(23-13-5-6-14(2)19(23)22-17)20(24)21-12-11-15-7-9-16(25-3)10-8-15/h5-10,13H,4,11-12H2,1-3H3,(H,21,24). The van der Waals surface area contributed by atoms with Gasteiger partial charge in [-0.3, -0.25) is 9.20 Å². The van der Waals surface area contributed by atoms with Gasteiger partial charge in [-0.25, -0.2) is 4.98 Å². The summed E-state index contributed by atoms with van der Waals surface area (Å²) in [6.45, 7) is 4.60. The predicted molar refractivity (Wildman–Crippen MR) is 98.3 cm³/mol. The van der Waals surface area contributed by atoms with Gasteiger partial charge in [-0.05, 0) is 49.1 Å². The summed E-state index contributed by atoms with van der Waals surface area (Å²) in [6.07, 6.45) is 3.39. The van der Waals surface area contributed by atoms with Crippen LogP contribution in [-0.2, 0) is 12.8 Å². The highest BCUT2D eigenvalue weighted by Crippen LogP contribution is 2.17. The van der Waals surface area contributed by atoms with Crippen molar-refractivity contribution in [3.63, 3.8) is 0 Å². The monoisotopic (exact) mass is 337 g/mol. The molecule has 3 rings (SSSR count). The number of fused-ring (bicyclic) bond motifs is 1. The molecule has 0 aliphatic carbocycles. The van der Waals surface area contributed by atoms with E-state index in [-0.39, 0.29) is 5.91 Å². The van der Waals surface area contributed by atoms with Gasteiger partial charge in [-0.1, -0.05) is 25.1 Å². The lowest BCUT2D eigenvalue weighted by Crippen LogP contribution is -2.27. The molecule has 130 valence electrons. The number of benzene rings is 1. The lowest BCUT2D eigenvalue weighted by molar-refractivity contribution is 0.0947. The first-order valence-electron chi connectivity index (χ1n) is 8.51. The Morgan fingerprint density at radius 3 is 2.68 bits per heavy atom. The molecule has 0 saturated carbocycles. The van der Waals surface area contributed by atoms with Crippen LogP contribution in [0.25, 0.3) is 5.65 Å². The maximum atomic E-state index is 12.7. The summed E-state index contributed by atoms with van der Waals surface area (Å²) in [5.41, 5.74) is 4.53. The van der Waals surface area contributed by atoms with Crippen LogP contribution in [0.4, 0.5) is 0 Å². The van der Waals surface area contributed by atoms with Crippen molar-refractivity contribution in [2.75, 3.05) is 13.7 Å². The summed E-state index contributed by atoms with van der Waals surface area (Å²) < 4.78 is 7.04. The quantitative estimate of drug-likeness (QED) is 0.751. The topological polar surface area (TPSA) is 55.6 Å². The minimum absolute atomic E-state index is 0.0801. The average molecular weight is 337 g/mol. The summed E-state index contributed by atoms with van der Waals surface area (Å²) in [4.78, 5) is 17.3. The van der Waals surface area contributed by atoms with Crippen molar-refractivity contribution >= 4 is 11.6 Å². The minimum atomic E-state index is -0.0801. The molecule has 0 radical (unpaired) electrons. The Kier molecular flexibility index (Phi) is 5.03. The SMILES string of the molecule is CCc1nc2c(C)cccn2c1C(=O)NCCc1ccc(OC)cc1. The molecule has 5 nitrogen and oxygen atoms in total. The van der Waals surface area contributed by atoms with Gasteiger partial charge in [0, 0.05) is 12.7 Å². The number of carbonyl (C=O) groups excluding carboxylic acids is 1. The second-order valence-electron chi connectivity index (χ2n) is 6.00. The number of carbonyl (C=O) groups is 1. The van der Waals surface area contributed by atoms with Gasteiger partial charge in [-0.2, -0.15) is 0 Å². The van der Waals surface area contributed by atoms with E-state index in [0.717, 1.165) is 41.1 Å². The molecule has 1 amide bonds. The summed E-state index contributed by atoms with van der Waals surface area (Å²) >= 11 is 0. The highest BCUT2D eigenvalue weighted by molar-refractivity contribution is 5.94. The number of pyridine rings is 1. The number of aromatic nitrogens is 2. The van der Waals surface area contributed by atoms with E-state index in [2.05, 4.69) is 10.3 Å². The molecule has 0 fully saturated rings. The molecular formula is C20H23N3O2. The number of hydrogen-bond acceptors (Lipinski definition) is 3. The van der Waals surface area contributed by atoms with Crippen molar-refractivity contribution in [2.45, 2.75) is 26.7 Å². The number of aryl methyl sites for hydroxylation is 2. The normalized spacial score (nSPS) is 10.8. The molecule has 0 bridgehead atoms. The Hall–Kier alpha value is -2.82. The van der Waals surface area contributed by atoms with E-state index in [9.17, 15) is 4.79 Å². The third-order valence-corrected chi connectivity index (χ3v) is 4.33. The van der Waals surface area contributed by atoms with Crippen molar-refractivity contribution in [3.05, 3.63) is 65.1 Å². The largest absolute Gasteiger partial charge is 0.497 e. The van der Waals surface area contributed by atoms with Crippen LogP contribution in [0.5, 0.6) is 5.75 Å². The molecule has 1 aromatic carbocycles. The molecule has 3 aromatic rings. The van der Waals surface area contributed by atoms with Gasteiger partial charge in [0.2, 0.25) is 0 Å². The fourth-order valence-electron chi connectivity index (χ4n) is 2.93. The van der Waals surface area contributed by atoms with Crippen LogP contribution in [0.15, 0.2) is 42.6 Å². The summed E-state index contributed by atoms with van der Waals surface area (Å²) in [5.74, 6) is 0.755. The predicted octanol–water partition coefficient (Wildman–Crippen LogP) is 3.19. The zero-order chi connectivity index (χ0) is 17.8. The first-order valence-corrected chi connectivity index (χ1v) is 8.51. The molecule has 25 heavy (non-hydrogen) atoms. The summed E-state index contributed by atoms with van der Waals surface area (Å²) in [7, 11) is 1.65. The van der Waals surface area contributed by atoms with Crippen LogP contribution in [0, 0.1) is 6.92 Å². The summed E-state index contributed by atoms with van der Waals surface area (Å²) in [5, 5.41) is 3.02. The molecule has 2 aromatic heterocycles. The molecule has 0 spiro atoms. The zero-order valence-electron chi connectivity index (χ0n) is 14.9. The zero-order valence-corrected chi connectivity index (χ0v) is 14.9. The van der Waals surface area contributed by atoms with E-state index in [1.54, 1.807) is 7.11 Å². The van der Waals surface area contributed by atoms with Crippen molar-refractivity contribution in [1.29, 1.82) is 0 Å². The Morgan fingerprint density at radius 2 is 2.00 bits per heavy atom. The molecular weight excluding hydrogens is 314 g/mol. The fourth-order valence-corrected chi connectivity index (χ4v) is 2.93. The molecule has 0 unspecified atom stereocenters. The number of methoxy groups -OCH3 is 1. The highest BCUT2D eigenvalue weighted by atomic mass is 16.5. The number of nitrogens with zero attached hydrogens (tertiary/aromatic N) is 2. The van der Waals surface area contributed by atoms with E-state index in [4.69, 9.17) is 4.74 Å². The highest BCUT2D eigenvalue weighted by Gasteiger charge is 2.18. The third-order valence-electron chi connectivity index (χ3n) is 4.33. The Balaban J connectivity index is 1.72. The van der Waals surface area contributed by atoms with E-state index in [1.807, 2.05) is 60.8 Å².